The first-order chi connectivity index (χ1) is 6.70. The normalized spacial score (nSPS) is 12.4. The van der Waals surface area contributed by atoms with Crippen molar-refractivity contribution < 1.29 is 13.3 Å². The highest BCUT2D eigenvalue weighted by Gasteiger charge is 2.46. The van der Waals surface area contributed by atoms with Crippen molar-refractivity contribution in [3.8, 4) is 0 Å². The minimum absolute atomic E-state index is 0.622. The zero-order chi connectivity index (χ0) is 11.0. The fourth-order valence-corrected chi connectivity index (χ4v) is 3.89. The Kier molecular flexibility index (Phi) is 7.39. The second kappa shape index (κ2) is 7.36. The lowest BCUT2D eigenvalue weighted by Gasteiger charge is -2.35. The van der Waals surface area contributed by atoms with Crippen molar-refractivity contribution in [3.63, 3.8) is 0 Å². The summed E-state index contributed by atoms with van der Waals surface area (Å²) in [6.07, 6.45) is 0. The largest absolute Gasteiger partial charge is 0.599 e. The molecule has 0 amide bonds. The van der Waals surface area contributed by atoms with E-state index in [1.54, 1.807) is 7.11 Å². The molecule has 0 fully saturated rings. The standard InChI is InChI=1S/C9H23NO3Si/c1-6-10(7-2)14(11-5,12-8-3)13-9-4/h6-9H2,1-5H3. The summed E-state index contributed by atoms with van der Waals surface area (Å²) in [5.41, 5.74) is 0. The third-order valence-corrected chi connectivity index (χ3v) is 5.29. The third-order valence-electron chi connectivity index (χ3n) is 2.06. The van der Waals surface area contributed by atoms with Gasteiger partial charge in [0.15, 0.2) is 0 Å². The number of rotatable bonds is 8. The highest BCUT2D eigenvalue weighted by atomic mass is 28.4. The predicted octanol–water partition coefficient (Wildman–Crippen LogP) is 1.48. The van der Waals surface area contributed by atoms with Crippen molar-refractivity contribution in [3.05, 3.63) is 0 Å². The maximum absolute atomic E-state index is 5.68. The number of hydrogen-bond acceptors (Lipinski definition) is 4. The van der Waals surface area contributed by atoms with E-state index in [1.807, 2.05) is 13.8 Å². The Morgan fingerprint density at radius 1 is 0.929 bits per heavy atom. The van der Waals surface area contributed by atoms with E-state index in [4.69, 9.17) is 13.3 Å². The maximum Gasteiger partial charge on any atom is 0.599 e. The van der Waals surface area contributed by atoms with Crippen molar-refractivity contribution in [1.82, 2.24) is 4.57 Å². The van der Waals surface area contributed by atoms with E-state index in [0.29, 0.717) is 13.2 Å². The fourth-order valence-electron chi connectivity index (χ4n) is 1.45. The zero-order valence-electron chi connectivity index (χ0n) is 10.0. The van der Waals surface area contributed by atoms with E-state index >= 15 is 0 Å². The van der Waals surface area contributed by atoms with Gasteiger partial charge in [-0.15, -0.1) is 0 Å². The summed E-state index contributed by atoms with van der Waals surface area (Å²) in [7, 11) is -0.903. The van der Waals surface area contributed by atoms with Crippen LogP contribution in [0.5, 0.6) is 0 Å². The second-order valence-corrected chi connectivity index (χ2v) is 5.43. The van der Waals surface area contributed by atoms with Crippen LogP contribution in [0, 0.1) is 0 Å². The molecule has 0 N–H and O–H groups in total. The highest BCUT2D eigenvalue weighted by Crippen LogP contribution is 2.14. The molecule has 0 heterocycles. The number of nitrogens with zero attached hydrogens (tertiary/aromatic N) is 1. The summed E-state index contributed by atoms with van der Waals surface area (Å²) < 4.78 is 19.0. The first-order valence-corrected chi connectivity index (χ1v) is 6.95. The molecule has 0 aromatic carbocycles. The molecule has 0 radical (unpaired) electrons. The molecule has 0 aliphatic rings. The van der Waals surface area contributed by atoms with Crippen LogP contribution in [0.25, 0.3) is 0 Å². The van der Waals surface area contributed by atoms with Gasteiger partial charge in [-0.1, -0.05) is 13.8 Å². The molecule has 0 saturated carbocycles. The molecule has 86 valence electrons. The summed E-state index contributed by atoms with van der Waals surface area (Å²) >= 11 is 0. The van der Waals surface area contributed by atoms with E-state index < -0.39 is 8.97 Å². The molecule has 0 saturated heterocycles. The molecule has 4 nitrogen and oxygen atoms in total. The first-order valence-electron chi connectivity index (χ1n) is 5.28. The van der Waals surface area contributed by atoms with Crippen LogP contribution in [0.4, 0.5) is 0 Å². The zero-order valence-corrected chi connectivity index (χ0v) is 11.0. The van der Waals surface area contributed by atoms with E-state index in [2.05, 4.69) is 18.4 Å². The van der Waals surface area contributed by atoms with E-state index in [0.717, 1.165) is 13.1 Å². The summed E-state index contributed by atoms with van der Waals surface area (Å²) in [5, 5.41) is 0. The average Bonchev–Trinajstić information content (AvgIpc) is 2.20. The molecule has 0 aromatic heterocycles. The minimum Gasteiger partial charge on any atom is -0.364 e. The van der Waals surface area contributed by atoms with Gasteiger partial charge in [-0.25, -0.2) is 0 Å². The van der Waals surface area contributed by atoms with Crippen molar-refractivity contribution >= 4 is 8.97 Å². The lowest BCUT2D eigenvalue weighted by molar-refractivity contribution is 0.0321. The molecule has 0 bridgehead atoms. The molecule has 0 rings (SSSR count). The molecule has 0 aliphatic carbocycles. The minimum atomic E-state index is -2.57. The van der Waals surface area contributed by atoms with E-state index in [1.165, 1.54) is 0 Å². The molecular weight excluding hydrogens is 198 g/mol. The topological polar surface area (TPSA) is 30.9 Å². The van der Waals surface area contributed by atoms with Gasteiger partial charge >= 0.3 is 8.97 Å². The van der Waals surface area contributed by atoms with Gasteiger partial charge in [-0.2, -0.15) is 0 Å². The quantitative estimate of drug-likeness (QED) is 0.581. The van der Waals surface area contributed by atoms with Crippen molar-refractivity contribution in [2.75, 3.05) is 33.4 Å². The Labute approximate surface area is 88.6 Å². The fraction of sp³-hybridized carbons (Fsp3) is 1.00. The van der Waals surface area contributed by atoms with Crippen LogP contribution in [0.15, 0.2) is 0 Å². The second-order valence-electron chi connectivity index (χ2n) is 2.77. The monoisotopic (exact) mass is 221 g/mol. The summed E-state index contributed by atoms with van der Waals surface area (Å²) in [6, 6.07) is 0. The van der Waals surface area contributed by atoms with Crippen LogP contribution in [0.1, 0.15) is 27.7 Å². The Hall–Kier alpha value is 0.0569. The lowest BCUT2D eigenvalue weighted by Crippen LogP contribution is -2.60. The van der Waals surface area contributed by atoms with Crippen LogP contribution >= 0.6 is 0 Å². The first kappa shape index (κ1) is 14.1. The molecule has 14 heavy (non-hydrogen) atoms. The van der Waals surface area contributed by atoms with Crippen LogP contribution in [0.3, 0.4) is 0 Å². The van der Waals surface area contributed by atoms with Crippen molar-refractivity contribution in [1.29, 1.82) is 0 Å². The van der Waals surface area contributed by atoms with Gasteiger partial charge in [0.2, 0.25) is 0 Å². The lowest BCUT2D eigenvalue weighted by atomic mass is 10.7. The molecule has 0 atom stereocenters. The Balaban J connectivity index is 4.59. The number of hydrogen-bond donors (Lipinski definition) is 0. The van der Waals surface area contributed by atoms with E-state index in [9.17, 15) is 0 Å². The Morgan fingerprint density at radius 3 is 1.57 bits per heavy atom. The van der Waals surface area contributed by atoms with Gasteiger partial charge < -0.3 is 13.3 Å². The smallest absolute Gasteiger partial charge is 0.364 e. The van der Waals surface area contributed by atoms with Crippen LogP contribution in [-0.4, -0.2) is 46.9 Å². The van der Waals surface area contributed by atoms with Gasteiger partial charge in [0.1, 0.15) is 0 Å². The average molecular weight is 221 g/mol. The van der Waals surface area contributed by atoms with Gasteiger partial charge in [0.25, 0.3) is 0 Å². The van der Waals surface area contributed by atoms with Gasteiger partial charge in [-0.05, 0) is 26.9 Å². The van der Waals surface area contributed by atoms with Gasteiger partial charge in [0, 0.05) is 20.3 Å². The molecule has 5 heteroatoms. The van der Waals surface area contributed by atoms with Gasteiger partial charge in [-0.3, -0.25) is 4.57 Å². The Morgan fingerprint density at radius 2 is 1.36 bits per heavy atom. The van der Waals surface area contributed by atoms with E-state index in [-0.39, 0.29) is 0 Å². The summed E-state index contributed by atoms with van der Waals surface area (Å²) in [6.45, 7) is 11.1. The molecule has 0 aliphatic heterocycles. The predicted molar refractivity (Wildman–Crippen MR) is 58.9 cm³/mol. The Bertz CT molecular complexity index is 136. The van der Waals surface area contributed by atoms with Crippen LogP contribution in [-0.2, 0) is 13.3 Å². The van der Waals surface area contributed by atoms with Crippen molar-refractivity contribution in [2.24, 2.45) is 0 Å². The molecular formula is C9H23NO3Si. The maximum atomic E-state index is 5.68. The van der Waals surface area contributed by atoms with Crippen LogP contribution in [0.2, 0.25) is 0 Å². The highest BCUT2D eigenvalue weighted by molar-refractivity contribution is 6.57. The third kappa shape index (κ3) is 3.32. The summed E-state index contributed by atoms with van der Waals surface area (Å²) in [4.78, 5) is 0. The molecule has 0 spiro atoms. The van der Waals surface area contributed by atoms with Crippen LogP contribution < -0.4 is 0 Å². The van der Waals surface area contributed by atoms with Crippen molar-refractivity contribution in [2.45, 2.75) is 27.7 Å². The summed E-state index contributed by atoms with van der Waals surface area (Å²) in [5.74, 6) is 0. The molecule has 0 unspecified atom stereocenters. The SMILES string of the molecule is CCO[Si](OC)(OCC)N(CC)CC. The van der Waals surface area contributed by atoms with Gasteiger partial charge in [0.05, 0.1) is 0 Å². The molecule has 0 aromatic rings.